The van der Waals surface area contributed by atoms with Crippen LogP contribution in [0, 0.1) is 0 Å². The summed E-state index contributed by atoms with van der Waals surface area (Å²) in [6.07, 6.45) is 1.77. The van der Waals surface area contributed by atoms with Crippen molar-refractivity contribution in [2.75, 3.05) is 32.7 Å². The van der Waals surface area contributed by atoms with Crippen LogP contribution in [0.3, 0.4) is 0 Å². The lowest BCUT2D eigenvalue weighted by Crippen LogP contribution is -2.51. The standard InChI is InChI=1S/C20H26N4O3/c1-15(2)21-18(25)13-23-8-10-24(11-9-23)19(26)12-17-14-27-20(22-17)16-6-4-3-5-7-16/h3-7,14-15H,8-13H2,1-2H3,(H,21,25). The molecule has 0 radical (unpaired) electrons. The average molecular weight is 370 g/mol. The van der Waals surface area contributed by atoms with Crippen molar-refractivity contribution in [1.82, 2.24) is 20.1 Å². The highest BCUT2D eigenvalue weighted by Gasteiger charge is 2.23. The molecule has 0 bridgehead atoms. The van der Waals surface area contributed by atoms with E-state index in [9.17, 15) is 9.59 Å². The number of carbonyl (C=O) groups is 2. The number of carbonyl (C=O) groups excluding carboxylic acids is 2. The quantitative estimate of drug-likeness (QED) is 0.835. The zero-order valence-corrected chi connectivity index (χ0v) is 15.9. The number of piperazine rings is 1. The van der Waals surface area contributed by atoms with Gasteiger partial charge in [0, 0.05) is 37.8 Å². The smallest absolute Gasteiger partial charge is 0.234 e. The molecule has 1 fully saturated rings. The Bertz CT molecular complexity index is 765. The Labute approximate surface area is 159 Å². The van der Waals surface area contributed by atoms with Crippen LogP contribution < -0.4 is 5.32 Å². The van der Waals surface area contributed by atoms with Crippen LogP contribution in [0.5, 0.6) is 0 Å². The number of nitrogens with one attached hydrogen (secondary N) is 1. The zero-order chi connectivity index (χ0) is 19.2. The third-order valence-electron chi connectivity index (χ3n) is 4.45. The molecule has 1 aliphatic heterocycles. The summed E-state index contributed by atoms with van der Waals surface area (Å²) in [5.74, 6) is 0.592. The first-order valence-corrected chi connectivity index (χ1v) is 9.30. The van der Waals surface area contributed by atoms with Crippen LogP contribution in [0.1, 0.15) is 19.5 Å². The van der Waals surface area contributed by atoms with E-state index in [1.165, 1.54) is 0 Å². The second-order valence-electron chi connectivity index (χ2n) is 7.07. The first-order chi connectivity index (χ1) is 13.0. The number of hydrogen-bond acceptors (Lipinski definition) is 5. The van der Waals surface area contributed by atoms with E-state index in [0.717, 1.165) is 5.56 Å². The van der Waals surface area contributed by atoms with Gasteiger partial charge in [-0.1, -0.05) is 18.2 Å². The summed E-state index contributed by atoms with van der Waals surface area (Å²) in [6, 6.07) is 9.76. The maximum Gasteiger partial charge on any atom is 0.234 e. The summed E-state index contributed by atoms with van der Waals surface area (Å²) in [4.78, 5) is 32.7. The van der Waals surface area contributed by atoms with Gasteiger partial charge in [0.15, 0.2) is 0 Å². The van der Waals surface area contributed by atoms with Crippen LogP contribution in [0.25, 0.3) is 11.5 Å². The van der Waals surface area contributed by atoms with Gasteiger partial charge in [-0.3, -0.25) is 14.5 Å². The van der Waals surface area contributed by atoms with Crippen LogP contribution in [0.2, 0.25) is 0 Å². The lowest BCUT2D eigenvalue weighted by Gasteiger charge is -2.34. The van der Waals surface area contributed by atoms with Gasteiger partial charge in [-0.05, 0) is 26.0 Å². The zero-order valence-electron chi connectivity index (χ0n) is 15.9. The number of aromatic nitrogens is 1. The molecule has 1 aromatic carbocycles. The number of hydrogen-bond donors (Lipinski definition) is 1. The van der Waals surface area contributed by atoms with Gasteiger partial charge in [-0.2, -0.15) is 0 Å². The normalized spacial score (nSPS) is 15.1. The molecule has 2 heterocycles. The van der Waals surface area contributed by atoms with E-state index in [2.05, 4.69) is 15.2 Å². The number of amides is 2. The second kappa shape index (κ2) is 8.81. The van der Waals surface area contributed by atoms with Crippen LogP contribution >= 0.6 is 0 Å². The molecule has 1 aliphatic rings. The first kappa shape index (κ1) is 19.1. The van der Waals surface area contributed by atoms with Crippen LogP contribution in [-0.4, -0.2) is 65.4 Å². The Morgan fingerprint density at radius 3 is 2.52 bits per heavy atom. The molecular formula is C20H26N4O3. The Morgan fingerprint density at radius 1 is 1.15 bits per heavy atom. The number of oxazole rings is 1. The van der Waals surface area contributed by atoms with E-state index in [1.807, 2.05) is 49.1 Å². The monoisotopic (exact) mass is 370 g/mol. The predicted octanol–water partition coefficient (Wildman–Crippen LogP) is 1.55. The van der Waals surface area contributed by atoms with Crippen molar-refractivity contribution >= 4 is 11.8 Å². The van der Waals surface area contributed by atoms with E-state index >= 15 is 0 Å². The molecule has 1 saturated heterocycles. The van der Waals surface area contributed by atoms with Gasteiger partial charge in [0.05, 0.1) is 18.7 Å². The number of rotatable bonds is 6. The Morgan fingerprint density at radius 2 is 1.85 bits per heavy atom. The van der Waals surface area contributed by atoms with E-state index in [-0.39, 0.29) is 24.3 Å². The molecule has 0 aliphatic carbocycles. The minimum absolute atomic E-state index is 0.0285. The molecule has 7 heteroatoms. The van der Waals surface area contributed by atoms with Gasteiger partial charge >= 0.3 is 0 Å². The highest BCUT2D eigenvalue weighted by molar-refractivity contribution is 5.79. The third-order valence-corrected chi connectivity index (χ3v) is 4.45. The molecule has 2 amide bonds. The highest BCUT2D eigenvalue weighted by Crippen LogP contribution is 2.18. The third kappa shape index (κ3) is 5.40. The van der Waals surface area contributed by atoms with Gasteiger partial charge in [-0.15, -0.1) is 0 Å². The number of nitrogens with zero attached hydrogens (tertiary/aromatic N) is 3. The number of benzene rings is 1. The summed E-state index contributed by atoms with van der Waals surface area (Å²) in [5.41, 5.74) is 1.53. The fourth-order valence-corrected chi connectivity index (χ4v) is 3.09. The summed E-state index contributed by atoms with van der Waals surface area (Å²) in [6.45, 7) is 6.91. The lowest BCUT2D eigenvalue weighted by atomic mass is 10.2. The lowest BCUT2D eigenvalue weighted by molar-refractivity contribution is -0.132. The molecule has 1 aromatic heterocycles. The fraction of sp³-hybridized carbons (Fsp3) is 0.450. The predicted molar refractivity (Wildman–Crippen MR) is 102 cm³/mol. The van der Waals surface area contributed by atoms with Crippen molar-refractivity contribution in [2.45, 2.75) is 26.3 Å². The Hall–Kier alpha value is -2.67. The van der Waals surface area contributed by atoms with Crippen LogP contribution in [0.4, 0.5) is 0 Å². The van der Waals surface area contributed by atoms with Gasteiger partial charge in [0.2, 0.25) is 17.7 Å². The van der Waals surface area contributed by atoms with Crippen molar-refractivity contribution < 1.29 is 14.0 Å². The largest absolute Gasteiger partial charge is 0.444 e. The molecule has 7 nitrogen and oxygen atoms in total. The molecule has 144 valence electrons. The van der Waals surface area contributed by atoms with Crippen molar-refractivity contribution in [3.8, 4) is 11.5 Å². The molecule has 3 rings (SSSR count). The molecule has 0 spiro atoms. The summed E-state index contributed by atoms with van der Waals surface area (Å²) >= 11 is 0. The molecule has 27 heavy (non-hydrogen) atoms. The summed E-state index contributed by atoms with van der Waals surface area (Å²) in [5, 5.41) is 2.89. The molecular weight excluding hydrogens is 344 g/mol. The molecule has 1 N–H and O–H groups in total. The highest BCUT2D eigenvalue weighted by atomic mass is 16.3. The van der Waals surface area contributed by atoms with Crippen molar-refractivity contribution in [3.63, 3.8) is 0 Å². The van der Waals surface area contributed by atoms with E-state index in [4.69, 9.17) is 4.42 Å². The average Bonchev–Trinajstić information content (AvgIpc) is 3.11. The van der Waals surface area contributed by atoms with E-state index < -0.39 is 0 Å². The summed E-state index contributed by atoms with van der Waals surface area (Å²) < 4.78 is 5.50. The van der Waals surface area contributed by atoms with Gasteiger partial charge in [0.1, 0.15) is 6.26 Å². The maximum absolute atomic E-state index is 12.5. The SMILES string of the molecule is CC(C)NC(=O)CN1CCN(C(=O)Cc2coc(-c3ccccc3)n2)CC1. The maximum atomic E-state index is 12.5. The second-order valence-corrected chi connectivity index (χ2v) is 7.07. The molecule has 0 saturated carbocycles. The fourth-order valence-electron chi connectivity index (χ4n) is 3.09. The van der Waals surface area contributed by atoms with E-state index in [1.54, 1.807) is 6.26 Å². The van der Waals surface area contributed by atoms with Gasteiger partial charge in [-0.25, -0.2) is 4.98 Å². The molecule has 0 atom stereocenters. The van der Waals surface area contributed by atoms with Crippen molar-refractivity contribution in [2.24, 2.45) is 0 Å². The summed E-state index contributed by atoms with van der Waals surface area (Å²) in [7, 11) is 0. The van der Waals surface area contributed by atoms with Gasteiger partial charge in [0.25, 0.3) is 0 Å². The topological polar surface area (TPSA) is 78.7 Å². The van der Waals surface area contributed by atoms with Crippen molar-refractivity contribution in [1.29, 1.82) is 0 Å². The molecule has 0 unspecified atom stereocenters. The Kier molecular flexibility index (Phi) is 6.24. The van der Waals surface area contributed by atoms with Gasteiger partial charge < -0.3 is 14.6 Å². The van der Waals surface area contributed by atoms with Crippen LogP contribution in [0.15, 0.2) is 41.0 Å². The van der Waals surface area contributed by atoms with Crippen molar-refractivity contribution in [3.05, 3.63) is 42.3 Å². The minimum Gasteiger partial charge on any atom is -0.444 e. The van der Waals surface area contributed by atoms with Crippen LogP contribution in [-0.2, 0) is 16.0 Å². The first-order valence-electron chi connectivity index (χ1n) is 9.30. The molecule has 2 aromatic rings. The minimum atomic E-state index is 0.0285. The van der Waals surface area contributed by atoms with E-state index in [0.29, 0.717) is 44.3 Å². The Balaban J connectivity index is 1.47.